The van der Waals surface area contributed by atoms with E-state index < -0.39 is 17.5 Å². The molecule has 1 aromatic heterocycles. The molecule has 1 aromatic carbocycles. The van der Waals surface area contributed by atoms with Crippen LogP contribution in [0.4, 0.5) is 0 Å². The predicted molar refractivity (Wildman–Crippen MR) is 91.5 cm³/mol. The highest BCUT2D eigenvalue weighted by molar-refractivity contribution is 6.31. The molecule has 0 saturated carbocycles. The molecule has 0 bridgehead atoms. The van der Waals surface area contributed by atoms with Crippen molar-refractivity contribution in [3.63, 3.8) is 0 Å². The highest BCUT2D eigenvalue weighted by Gasteiger charge is 2.30. The van der Waals surface area contributed by atoms with Crippen LogP contribution in [0.5, 0.6) is 5.75 Å². The van der Waals surface area contributed by atoms with Crippen LogP contribution in [-0.4, -0.2) is 21.6 Å². The average molecular weight is 378 g/mol. The van der Waals surface area contributed by atoms with E-state index in [0.29, 0.717) is 0 Å². The second-order valence-electron chi connectivity index (χ2n) is 5.87. The maximum Gasteiger partial charge on any atom is 0.290 e. The number of aromatic nitrogens is 2. The van der Waals surface area contributed by atoms with Crippen LogP contribution in [0.3, 0.4) is 0 Å². The van der Waals surface area contributed by atoms with Gasteiger partial charge in [0.25, 0.3) is 11.5 Å². The summed E-state index contributed by atoms with van der Waals surface area (Å²) in [4.78, 5) is 45.7. The lowest BCUT2D eigenvalue weighted by Gasteiger charge is -2.21. The quantitative estimate of drug-likeness (QED) is 0.483. The van der Waals surface area contributed by atoms with Crippen molar-refractivity contribution in [3.8, 4) is 5.75 Å². The maximum absolute atomic E-state index is 12.4. The third kappa shape index (κ3) is 3.92. The number of carbonyl (C=O) groups is 2. The molecule has 2 amide bonds. The van der Waals surface area contributed by atoms with Gasteiger partial charge in [0.1, 0.15) is 12.6 Å². The van der Waals surface area contributed by atoms with Crippen molar-refractivity contribution in [1.29, 1.82) is 0 Å². The Morgan fingerprint density at radius 1 is 1.35 bits per heavy atom. The summed E-state index contributed by atoms with van der Waals surface area (Å²) < 4.78 is 0.942. The second kappa shape index (κ2) is 7.67. The van der Waals surface area contributed by atoms with Gasteiger partial charge >= 0.3 is 0 Å². The largest absolute Gasteiger partial charge is 0.334 e. The molecule has 2 aromatic rings. The number of nitrogens with one attached hydrogen (secondary N) is 1. The molecular formula is C17H16ClN3O5. The van der Waals surface area contributed by atoms with Crippen molar-refractivity contribution < 1.29 is 19.4 Å². The molecule has 1 fully saturated rings. The fourth-order valence-electron chi connectivity index (χ4n) is 2.59. The van der Waals surface area contributed by atoms with Crippen molar-refractivity contribution in [2.45, 2.75) is 32.4 Å². The van der Waals surface area contributed by atoms with Crippen molar-refractivity contribution in [2.75, 3.05) is 0 Å². The van der Waals surface area contributed by atoms with Gasteiger partial charge in [-0.05, 0) is 18.9 Å². The summed E-state index contributed by atoms with van der Waals surface area (Å²) in [5.74, 6) is -1.01. The molecular weight excluding hydrogens is 362 g/mol. The number of rotatable bonds is 5. The fourth-order valence-corrected chi connectivity index (χ4v) is 2.76. The number of nitrogens with zero attached hydrogens (tertiary/aromatic N) is 2. The third-order valence-electron chi connectivity index (χ3n) is 3.87. The number of hydrogen-bond donors (Lipinski definition) is 1. The Hall–Kier alpha value is -2.71. The topological polar surface area (TPSA) is 99.5 Å². The summed E-state index contributed by atoms with van der Waals surface area (Å²) in [6, 6.07) is 6.77. The summed E-state index contributed by atoms with van der Waals surface area (Å²) in [6.07, 6.45) is 1.50. The summed E-state index contributed by atoms with van der Waals surface area (Å²) in [5.41, 5.74) is 1.28. The lowest BCUT2D eigenvalue weighted by Crippen LogP contribution is -2.45. The van der Waals surface area contributed by atoms with E-state index in [1.165, 1.54) is 6.20 Å². The zero-order valence-electron chi connectivity index (χ0n) is 13.9. The van der Waals surface area contributed by atoms with Crippen LogP contribution in [-0.2, 0) is 21.1 Å². The first-order chi connectivity index (χ1) is 12.5. The number of amides is 2. The normalized spacial score (nSPS) is 17.1. The van der Waals surface area contributed by atoms with Crippen LogP contribution in [0, 0.1) is 6.92 Å². The van der Waals surface area contributed by atoms with Gasteiger partial charge in [0.05, 0.1) is 6.20 Å². The Morgan fingerprint density at radius 2 is 2.15 bits per heavy atom. The van der Waals surface area contributed by atoms with Gasteiger partial charge in [-0.3, -0.25) is 19.7 Å². The second-order valence-corrected chi connectivity index (χ2v) is 6.25. The van der Waals surface area contributed by atoms with Gasteiger partial charge < -0.3 is 4.89 Å². The van der Waals surface area contributed by atoms with Crippen LogP contribution < -0.4 is 15.8 Å². The number of hydrogen-bond acceptors (Lipinski definition) is 6. The number of aryl methyl sites for hydroxylation is 1. The maximum atomic E-state index is 12.4. The van der Waals surface area contributed by atoms with Crippen molar-refractivity contribution >= 4 is 23.4 Å². The lowest BCUT2D eigenvalue weighted by atomic mass is 10.1. The standard InChI is InChI=1S/C17H16ClN3O5/c1-10-3-2-4-11(7-10)9-25-26-13-8-19-21(17(24)15(13)18)12-5-6-14(22)20-16(12)23/h2-4,7-8,12H,5-6,9H2,1H3,(H,20,22,23). The zero-order chi connectivity index (χ0) is 18.7. The SMILES string of the molecule is Cc1cccc(COOc2cnn(C3CCC(=O)NC3=O)c(=O)c2Cl)c1. The van der Waals surface area contributed by atoms with E-state index in [-0.39, 0.29) is 36.1 Å². The van der Waals surface area contributed by atoms with Crippen LogP contribution in [0.25, 0.3) is 0 Å². The summed E-state index contributed by atoms with van der Waals surface area (Å²) >= 11 is 6.02. The smallest absolute Gasteiger partial charge is 0.290 e. The highest BCUT2D eigenvalue weighted by atomic mass is 35.5. The first kappa shape index (κ1) is 18.1. The number of carbonyl (C=O) groups excluding carboxylic acids is 2. The fraction of sp³-hybridized carbons (Fsp3) is 0.294. The molecule has 0 aliphatic carbocycles. The van der Waals surface area contributed by atoms with Crippen LogP contribution in [0.2, 0.25) is 5.02 Å². The molecule has 8 nitrogen and oxygen atoms in total. The predicted octanol–water partition coefficient (Wildman–Crippen LogP) is 1.69. The van der Waals surface area contributed by atoms with Crippen molar-refractivity contribution in [2.24, 2.45) is 0 Å². The van der Waals surface area contributed by atoms with E-state index in [1.807, 2.05) is 31.2 Å². The van der Waals surface area contributed by atoms with Gasteiger partial charge in [0, 0.05) is 6.42 Å². The Kier molecular flexibility index (Phi) is 5.34. The lowest BCUT2D eigenvalue weighted by molar-refractivity contribution is -0.217. The molecule has 3 rings (SSSR count). The summed E-state index contributed by atoms with van der Waals surface area (Å²) in [7, 11) is 0. The molecule has 1 unspecified atom stereocenters. The van der Waals surface area contributed by atoms with E-state index in [0.717, 1.165) is 15.8 Å². The molecule has 136 valence electrons. The Labute approximate surface area is 153 Å². The van der Waals surface area contributed by atoms with E-state index in [9.17, 15) is 14.4 Å². The van der Waals surface area contributed by atoms with Crippen molar-refractivity contribution in [3.05, 3.63) is 57.0 Å². The first-order valence-electron chi connectivity index (χ1n) is 7.91. The van der Waals surface area contributed by atoms with Gasteiger partial charge in [-0.15, -0.1) is 0 Å². The molecule has 1 saturated heterocycles. The number of benzene rings is 1. The minimum atomic E-state index is -0.889. The van der Waals surface area contributed by atoms with Crippen LogP contribution in [0.15, 0.2) is 35.3 Å². The van der Waals surface area contributed by atoms with Gasteiger partial charge in [-0.2, -0.15) is 9.99 Å². The molecule has 9 heteroatoms. The zero-order valence-corrected chi connectivity index (χ0v) is 14.7. The van der Waals surface area contributed by atoms with Gasteiger partial charge in [0.15, 0.2) is 5.02 Å². The molecule has 1 atom stereocenters. The van der Waals surface area contributed by atoms with Gasteiger partial charge in [-0.1, -0.05) is 41.4 Å². The molecule has 1 aliphatic rings. The monoisotopic (exact) mass is 377 g/mol. The minimum absolute atomic E-state index is 0.0483. The van der Waals surface area contributed by atoms with Gasteiger partial charge in [-0.25, -0.2) is 4.68 Å². The average Bonchev–Trinajstić information content (AvgIpc) is 2.60. The number of piperidine rings is 1. The summed E-state index contributed by atoms with van der Waals surface area (Å²) in [6.45, 7) is 2.12. The highest BCUT2D eigenvalue weighted by Crippen LogP contribution is 2.22. The number of imide groups is 1. The molecule has 0 radical (unpaired) electrons. The van der Waals surface area contributed by atoms with E-state index >= 15 is 0 Å². The Bertz CT molecular complexity index is 912. The molecule has 26 heavy (non-hydrogen) atoms. The Morgan fingerprint density at radius 3 is 2.88 bits per heavy atom. The third-order valence-corrected chi connectivity index (χ3v) is 4.22. The first-order valence-corrected chi connectivity index (χ1v) is 8.29. The van der Waals surface area contributed by atoms with Crippen molar-refractivity contribution in [1.82, 2.24) is 15.1 Å². The minimum Gasteiger partial charge on any atom is -0.334 e. The van der Waals surface area contributed by atoms with E-state index in [4.69, 9.17) is 21.4 Å². The van der Waals surface area contributed by atoms with Crippen LogP contribution in [0.1, 0.15) is 30.0 Å². The molecule has 2 heterocycles. The van der Waals surface area contributed by atoms with Gasteiger partial charge in [0.2, 0.25) is 11.7 Å². The molecule has 0 spiro atoms. The Balaban J connectivity index is 1.70. The summed E-state index contributed by atoms with van der Waals surface area (Å²) in [5, 5.41) is 5.83. The molecule has 1 aliphatic heterocycles. The van der Waals surface area contributed by atoms with E-state index in [2.05, 4.69) is 10.4 Å². The number of halogens is 1. The van der Waals surface area contributed by atoms with E-state index in [1.54, 1.807) is 0 Å². The molecule has 1 N–H and O–H groups in total. The van der Waals surface area contributed by atoms with Crippen LogP contribution >= 0.6 is 11.6 Å².